The number of nitrogens with two attached hydrogens (primary N) is 2. The van der Waals surface area contributed by atoms with E-state index in [1.807, 2.05) is 0 Å². The molecule has 37 nitrogen and oxygen atoms in total. The number of imidazole rings is 2. The van der Waals surface area contributed by atoms with Crippen LogP contribution in [-0.2, 0) is 79.9 Å². The molecule has 61 heavy (non-hydrogen) atoms. The van der Waals surface area contributed by atoms with Gasteiger partial charge in [0.2, 0.25) is 11.9 Å². The van der Waals surface area contributed by atoms with Gasteiger partial charge in [0.15, 0.2) is 34.8 Å². The number of aromatic amines is 2. The number of nitrogen functional groups attached to an aromatic ring is 2. The number of nitrogens with one attached hydrogen (secondary N) is 2. The summed E-state index contributed by atoms with van der Waals surface area (Å²) in [5.41, 5.74) is 8.92. The third kappa shape index (κ3) is 11.1. The van der Waals surface area contributed by atoms with Crippen LogP contribution in [0.2, 0.25) is 0 Å². The number of hydrogen-bond donors (Lipinski definition) is 12. The summed E-state index contributed by atoms with van der Waals surface area (Å²) in [6, 6.07) is 0. The smallest absolute Gasteiger partial charge is 0.387 e. The van der Waals surface area contributed by atoms with Crippen molar-refractivity contribution in [2.45, 2.75) is 49.1 Å². The molecule has 0 bridgehead atoms. The van der Waals surface area contributed by atoms with E-state index >= 15 is 0 Å². The second-order valence-electron chi connectivity index (χ2n) is 11.8. The molecule has 12 atom stereocenters. The van der Waals surface area contributed by atoms with Gasteiger partial charge in [-0.3, -0.25) is 33.6 Å². The van der Waals surface area contributed by atoms with Crippen molar-refractivity contribution >= 4 is 65.5 Å². The van der Waals surface area contributed by atoms with Crippen molar-refractivity contribution in [2.75, 3.05) is 24.7 Å². The van der Waals surface area contributed by atoms with Gasteiger partial charge in [-0.05, 0) is 5.04 Å². The van der Waals surface area contributed by atoms with Gasteiger partial charge in [-0.15, -0.1) is 0 Å². The highest BCUT2D eigenvalue weighted by Gasteiger charge is 2.47. The molecule has 0 aliphatic carbocycles. The van der Waals surface area contributed by atoms with Crippen LogP contribution in [0.3, 0.4) is 0 Å². The molecule has 2 saturated heterocycles. The number of aliphatic hydroxyl groups excluding tert-OH is 4. The summed E-state index contributed by atoms with van der Waals surface area (Å²) < 4.78 is 82.9. The van der Waals surface area contributed by atoms with E-state index in [-0.39, 0.29) is 34.2 Å². The number of nitrogens with zero attached hydrogens (tertiary/aromatic N) is 6. The molecule has 4 aromatic heterocycles. The van der Waals surface area contributed by atoms with Crippen molar-refractivity contribution in [1.29, 1.82) is 0 Å². The Morgan fingerprint density at radius 2 is 0.984 bits per heavy atom. The molecule has 6 heterocycles. The summed E-state index contributed by atoms with van der Waals surface area (Å²) >= 11 is 0. The summed E-state index contributed by atoms with van der Waals surface area (Å²) in [4.78, 5) is 91.0. The molecular formula is C20H28N10O27P4. The lowest BCUT2D eigenvalue weighted by atomic mass is 10.1. The van der Waals surface area contributed by atoms with Gasteiger partial charge in [-0.25, -0.2) is 38.0 Å². The lowest BCUT2D eigenvalue weighted by molar-refractivity contribution is -0.494. The van der Waals surface area contributed by atoms with Crippen LogP contribution in [0.15, 0.2) is 22.2 Å². The maximum absolute atomic E-state index is 12.0. The number of hydrogen-bond acceptors (Lipinski definition) is 29. The molecule has 14 N–H and O–H groups in total. The molecule has 2 aliphatic rings. The van der Waals surface area contributed by atoms with Crippen molar-refractivity contribution in [3.63, 3.8) is 0 Å². The largest absolute Gasteiger partial charge is 0.531 e. The number of ether oxygens (including phenoxy) is 2. The molecule has 4 aromatic rings. The van der Waals surface area contributed by atoms with Crippen LogP contribution >= 0.6 is 31.3 Å². The van der Waals surface area contributed by atoms with Crippen molar-refractivity contribution in [2.24, 2.45) is 0 Å². The van der Waals surface area contributed by atoms with Crippen molar-refractivity contribution in [3.8, 4) is 0 Å². The first-order valence-corrected chi connectivity index (χ1v) is 21.7. The van der Waals surface area contributed by atoms with E-state index in [0.29, 0.717) is 0 Å². The first-order valence-electron chi connectivity index (χ1n) is 15.7. The second-order valence-corrected chi connectivity index (χ2v) is 17.4. The lowest BCUT2D eigenvalue weighted by Gasteiger charge is -2.17. The monoisotopic (exact) mass is 964 g/mol. The topological polar surface area (TPSA) is 529 Å². The molecule has 0 saturated carbocycles. The average molecular weight is 964 g/mol. The second kappa shape index (κ2) is 18.2. The molecule has 6 rings (SSSR count). The van der Waals surface area contributed by atoms with E-state index in [0.717, 1.165) is 21.8 Å². The van der Waals surface area contributed by atoms with E-state index in [9.17, 15) is 67.8 Å². The van der Waals surface area contributed by atoms with Crippen LogP contribution < -0.4 is 22.6 Å². The summed E-state index contributed by atoms with van der Waals surface area (Å²) in [6.07, 6.45) is -10.6. The maximum atomic E-state index is 12.0. The third-order valence-corrected chi connectivity index (χ3v) is 11.9. The van der Waals surface area contributed by atoms with Gasteiger partial charge in [0.25, 0.3) is 11.1 Å². The minimum absolute atomic E-state index is 0.133. The number of phosphoric acid groups is 4. The fraction of sp³-hybridized carbons (Fsp3) is 0.500. The van der Waals surface area contributed by atoms with Crippen LogP contribution in [0.4, 0.5) is 11.9 Å². The first-order chi connectivity index (χ1) is 28.5. The summed E-state index contributed by atoms with van der Waals surface area (Å²) in [6.45, 7) is -1.77. The zero-order chi connectivity index (χ0) is 44.7. The Morgan fingerprint density at radius 1 is 0.607 bits per heavy atom. The number of H-pyrrole nitrogens is 2. The van der Waals surface area contributed by atoms with Gasteiger partial charge in [0.05, 0.1) is 12.7 Å². The maximum Gasteiger partial charge on any atom is 0.531 e. The van der Waals surface area contributed by atoms with Crippen LogP contribution in [0.5, 0.6) is 0 Å². The molecule has 4 unspecified atom stereocenters. The van der Waals surface area contributed by atoms with E-state index in [1.165, 1.54) is 0 Å². The number of anilines is 2. The average Bonchev–Trinajstić information content (AvgIpc) is 3.89. The van der Waals surface area contributed by atoms with E-state index < -0.39 is 105 Å². The predicted molar refractivity (Wildman–Crippen MR) is 178 cm³/mol. The number of aromatic nitrogens is 8. The fourth-order valence-corrected chi connectivity index (χ4v) is 8.39. The zero-order valence-corrected chi connectivity index (χ0v) is 32.7. The van der Waals surface area contributed by atoms with E-state index in [1.54, 1.807) is 0 Å². The Labute approximate surface area is 331 Å². The first kappa shape index (κ1) is 46.9. The van der Waals surface area contributed by atoms with E-state index in [4.69, 9.17) is 20.9 Å². The Morgan fingerprint density at radius 3 is 1.41 bits per heavy atom. The van der Waals surface area contributed by atoms with E-state index in [2.05, 4.69) is 82.1 Å². The molecule has 2 aliphatic heterocycles. The van der Waals surface area contributed by atoms with Crippen LogP contribution in [-0.4, -0.2) is 129 Å². The predicted octanol–water partition coefficient (Wildman–Crippen LogP) is -4.27. The minimum atomic E-state index is -6.23. The normalized spacial score (nSPS) is 28.5. The summed E-state index contributed by atoms with van der Waals surface area (Å²) in [5, 5.41) is 52.9. The molecule has 2 fully saturated rings. The Kier molecular flexibility index (Phi) is 14.0. The van der Waals surface area contributed by atoms with Gasteiger partial charge in [0, 0.05) is 0 Å². The molecule has 340 valence electrons. The number of fused-ring (bicyclic) bond motifs is 2. The quantitative estimate of drug-likeness (QED) is 0.0173. The number of aliphatic hydroxyl groups is 4. The Bertz CT molecular complexity index is 2530. The van der Waals surface area contributed by atoms with Crippen molar-refractivity contribution < 1.29 is 120 Å². The van der Waals surface area contributed by atoms with Gasteiger partial charge < -0.3 is 56.0 Å². The molecule has 0 radical (unpaired) electrons. The molecule has 0 aromatic carbocycles. The van der Waals surface area contributed by atoms with Crippen molar-refractivity contribution in [3.05, 3.63) is 33.4 Å². The van der Waals surface area contributed by atoms with Crippen molar-refractivity contribution in [1.82, 2.24) is 39.0 Å². The zero-order valence-electron chi connectivity index (χ0n) is 29.1. The summed E-state index contributed by atoms with van der Waals surface area (Å²) in [7, 11) is -24.0. The fourth-order valence-electron chi connectivity index (χ4n) is 5.17. The molecule has 0 amide bonds. The van der Waals surface area contributed by atoms with Crippen LogP contribution in [0.1, 0.15) is 12.5 Å². The Balaban J connectivity index is 0.889. The lowest BCUT2D eigenvalue weighted by Crippen LogP contribution is -2.33. The van der Waals surface area contributed by atoms with Crippen LogP contribution in [0.25, 0.3) is 22.3 Å². The summed E-state index contributed by atoms with van der Waals surface area (Å²) in [5.74, 6) is -0.619. The SMILES string of the molecule is Nc1nc2c(ncn2[C@@H]2O[C@@H](COOOP(=O)(O)OOOP(=O)(O)OP(=O)(O)OP(=O)(O)OOOC[C@@H]3O[C@@H](n4cnc5c(=O)[nH]c(N)nc54)[C@H](O)[C@@H]3O)[C@@H](O)[C@H]2O)c(=O)[nH]1. The highest BCUT2D eigenvalue weighted by molar-refractivity contribution is 7.66. The van der Waals surface area contributed by atoms with Gasteiger partial charge in [0.1, 0.15) is 49.8 Å². The van der Waals surface area contributed by atoms with Crippen LogP contribution in [0, 0.1) is 0 Å². The Hall–Kier alpha value is -3.62. The molecule has 41 heteroatoms. The number of rotatable bonds is 20. The highest BCUT2D eigenvalue weighted by Crippen LogP contribution is 2.68. The van der Waals surface area contributed by atoms with Gasteiger partial charge in [-0.1, -0.05) is 28.8 Å². The van der Waals surface area contributed by atoms with Gasteiger partial charge in [-0.2, -0.15) is 18.6 Å². The third-order valence-electron chi connectivity index (χ3n) is 7.60. The molecular weight excluding hydrogens is 936 g/mol. The highest BCUT2D eigenvalue weighted by atomic mass is 31.3. The minimum Gasteiger partial charge on any atom is -0.387 e. The standard InChI is InChI=1S/C20H28N10O27P4/c21-19-25-13-7(15(35)27-19)23-3-29(13)17-11(33)9(31)5(47-17)1-45-49-52-58(37,38)54-51-55-60(41,42)57-61(43,44)56-59(39,40)53-50-46-2-6-10(32)12(34)18(48-6)30-4-24-8-14(30)26-20(22)28-16(8)36/h3-6,9-12,17-18,31-34H,1-2H2,(H,37,38)(H,39,40)(H,41,42)(H,43,44)(H3,21,25,27,35)(H3,22,26,28,36)/t5-,6-,9+,10+,11+,12+,17+,18+/m0/s1. The molecule has 0 spiro atoms. The van der Waals surface area contributed by atoms with Gasteiger partial charge >= 0.3 is 31.3 Å².